The third-order valence-electron chi connectivity index (χ3n) is 5.17. The molecule has 0 bridgehead atoms. The Labute approximate surface area is 163 Å². The largest absolute Gasteiger partial charge is 0.376 e. The molecular weight excluding hydrogens is 361 g/mol. The van der Waals surface area contributed by atoms with Crippen molar-refractivity contribution in [2.75, 3.05) is 49.5 Å². The van der Waals surface area contributed by atoms with Crippen molar-refractivity contribution in [3.8, 4) is 0 Å². The summed E-state index contributed by atoms with van der Waals surface area (Å²) in [5, 5.41) is 11.8. The number of nitrogens with one attached hydrogen (secondary N) is 1. The standard InChI is InChI=1S/C20H24FN5O2/c21-16-5-3-15(4-6-16)20(27)26-11-9-25(10-12-26)19-8-7-18(23-24-19)22-14-17-2-1-13-28-17/h3-8,17H,1-2,9-14H2,(H,22,23). The van der Waals surface area contributed by atoms with Crippen LogP contribution in [0.3, 0.4) is 0 Å². The van der Waals surface area contributed by atoms with Gasteiger partial charge in [0.1, 0.15) is 11.6 Å². The van der Waals surface area contributed by atoms with Crippen molar-refractivity contribution in [3.63, 3.8) is 0 Å². The molecule has 0 radical (unpaired) electrons. The van der Waals surface area contributed by atoms with E-state index in [2.05, 4.69) is 20.4 Å². The zero-order valence-electron chi connectivity index (χ0n) is 15.7. The summed E-state index contributed by atoms with van der Waals surface area (Å²) in [6, 6.07) is 9.55. The predicted molar refractivity (Wildman–Crippen MR) is 104 cm³/mol. The van der Waals surface area contributed by atoms with Crippen LogP contribution >= 0.6 is 0 Å². The molecule has 148 valence electrons. The molecule has 1 unspecified atom stereocenters. The Balaban J connectivity index is 1.28. The molecule has 28 heavy (non-hydrogen) atoms. The number of carbonyl (C=O) groups is 1. The number of aromatic nitrogens is 2. The molecule has 1 N–H and O–H groups in total. The van der Waals surface area contributed by atoms with Gasteiger partial charge in [-0.05, 0) is 49.2 Å². The maximum atomic E-state index is 13.0. The van der Waals surface area contributed by atoms with Crippen molar-refractivity contribution in [3.05, 3.63) is 47.8 Å². The van der Waals surface area contributed by atoms with Crippen LogP contribution in [0.2, 0.25) is 0 Å². The Morgan fingerprint density at radius 3 is 2.54 bits per heavy atom. The van der Waals surface area contributed by atoms with Gasteiger partial charge in [-0.3, -0.25) is 4.79 Å². The van der Waals surface area contributed by atoms with Crippen molar-refractivity contribution in [2.45, 2.75) is 18.9 Å². The van der Waals surface area contributed by atoms with Gasteiger partial charge in [-0.2, -0.15) is 0 Å². The van der Waals surface area contributed by atoms with E-state index in [1.807, 2.05) is 12.1 Å². The molecule has 1 atom stereocenters. The molecule has 7 nitrogen and oxygen atoms in total. The van der Waals surface area contributed by atoms with Crippen LogP contribution in [0.4, 0.5) is 16.0 Å². The van der Waals surface area contributed by atoms with Gasteiger partial charge < -0.3 is 19.9 Å². The number of hydrogen-bond donors (Lipinski definition) is 1. The van der Waals surface area contributed by atoms with Crippen molar-refractivity contribution in [2.24, 2.45) is 0 Å². The van der Waals surface area contributed by atoms with Gasteiger partial charge in [0.05, 0.1) is 6.10 Å². The van der Waals surface area contributed by atoms with E-state index in [4.69, 9.17) is 4.74 Å². The highest BCUT2D eigenvalue weighted by Gasteiger charge is 2.23. The van der Waals surface area contributed by atoms with E-state index in [0.29, 0.717) is 31.7 Å². The number of hydrogen-bond acceptors (Lipinski definition) is 6. The molecule has 1 amide bonds. The third kappa shape index (κ3) is 4.39. The van der Waals surface area contributed by atoms with E-state index in [-0.39, 0.29) is 17.8 Å². The Morgan fingerprint density at radius 1 is 1.11 bits per heavy atom. The lowest BCUT2D eigenvalue weighted by atomic mass is 10.2. The monoisotopic (exact) mass is 385 g/mol. The Bertz CT molecular complexity index is 785. The summed E-state index contributed by atoms with van der Waals surface area (Å²) >= 11 is 0. The second-order valence-electron chi connectivity index (χ2n) is 7.08. The molecule has 2 aromatic rings. The number of amides is 1. The molecular formula is C20H24FN5O2. The van der Waals surface area contributed by atoms with E-state index >= 15 is 0 Å². The van der Waals surface area contributed by atoms with Gasteiger partial charge in [-0.1, -0.05) is 0 Å². The Morgan fingerprint density at radius 2 is 1.89 bits per heavy atom. The SMILES string of the molecule is O=C(c1ccc(F)cc1)N1CCN(c2ccc(NCC3CCCO3)nn2)CC1. The molecule has 3 heterocycles. The fourth-order valence-electron chi connectivity index (χ4n) is 3.53. The van der Waals surface area contributed by atoms with Crippen LogP contribution in [-0.2, 0) is 4.74 Å². The van der Waals surface area contributed by atoms with Gasteiger partial charge in [0, 0.05) is 44.9 Å². The van der Waals surface area contributed by atoms with Crippen molar-refractivity contribution < 1.29 is 13.9 Å². The number of carbonyl (C=O) groups excluding carboxylic acids is 1. The highest BCUT2D eigenvalue weighted by Crippen LogP contribution is 2.17. The van der Waals surface area contributed by atoms with Crippen LogP contribution in [-0.4, -0.2) is 66.4 Å². The van der Waals surface area contributed by atoms with Gasteiger partial charge in [-0.25, -0.2) is 4.39 Å². The first-order chi connectivity index (χ1) is 13.7. The minimum absolute atomic E-state index is 0.0700. The summed E-state index contributed by atoms with van der Waals surface area (Å²) in [4.78, 5) is 16.4. The zero-order chi connectivity index (χ0) is 19.3. The number of benzene rings is 1. The molecule has 2 saturated heterocycles. The van der Waals surface area contributed by atoms with Crippen LogP contribution in [0.5, 0.6) is 0 Å². The van der Waals surface area contributed by atoms with E-state index in [1.165, 1.54) is 24.3 Å². The van der Waals surface area contributed by atoms with E-state index in [9.17, 15) is 9.18 Å². The topological polar surface area (TPSA) is 70.6 Å². The number of nitrogens with zero attached hydrogens (tertiary/aromatic N) is 4. The fraction of sp³-hybridized carbons (Fsp3) is 0.450. The predicted octanol–water partition coefficient (Wildman–Crippen LogP) is 2.17. The molecule has 0 aliphatic carbocycles. The molecule has 1 aromatic heterocycles. The molecule has 2 aliphatic rings. The normalized spacial score (nSPS) is 19.7. The van der Waals surface area contributed by atoms with Gasteiger partial charge in [-0.15, -0.1) is 10.2 Å². The second-order valence-corrected chi connectivity index (χ2v) is 7.08. The van der Waals surface area contributed by atoms with Crippen LogP contribution in [0.15, 0.2) is 36.4 Å². The molecule has 8 heteroatoms. The van der Waals surface area contributed by atoms with Gasteiger partial charge in [0.15, 0.2) is 5.82 Å². The van der Waals surface area contributed by atoms with Crippen molar-refractivity contribution in [1.29, 1.82) is 0 Å². The van der Waals surface area contributed by atoms with Crippen LogP contribution in [0.1, 0.15) is 23.2 Å². The lowest BCUT2D eigenvalue weighted by molar-refractivity contribution is 0.0746. The lowest BCUT2D eigenvalue weighted by Gasteiger charge is -2.35. The summed E-state index contributed by atoms with van der Waals surface area (Å²) in [5.41, 5.74) is 0.510. The summed E-state index contributed by atoms with van der Waals surface area (Å²) in [6.07, 6.45) is 2.46. The first kappa shape index (κ1) is 18.6. The maximum absolute atomic E-state index is 13.0. The van der Waals surface area contributed by atoms with Crippen LogP contribution in [0, 0.1) is 5.82 Å². The van der Waals surface area contributed by atoms with Crippen LogP contribution < -0.4 is 10.2 Å². The van der Waals surface area contributed by atoms with Crippen LogP contribution in [0.25, 0.3) is 0 Å². The fourth-order valence-corrected chi connectivity index (χ4v) is 3.53. The molecule has 2 aliphatic heterocycles. The van der Waals surface area contributed by atoms with E-state index in [1.54, 1.807) is 4.90 Å². The van der Waals surface area contributed by atoms with Crippen molar-refractivity contribution >= 4 is 17.5 Å². The lowest BCUT2D eigenvalue weighted by Crippen LogP contribution is -2.49. The number of piperazine rings is 1. The highest BCUT2D eigenvalue weighted by atomic mass is 19.1. The molecule has 4 rings (SSSR count). The zero-order valence-corrected chi connectivity index (χ0v) is 15.7. The average Bonchev–Trinajstić information content (AvgIpc) is 3.27. The van der Waals surface area contributed by atoms with Gasteiger partial charge >= 0.3 is 0 Å². The summed E-state index contributed by atoms with van der Waals surface area (Å²) in [6.45, 7) is 4.15. The quantitative estimate of drug-likeness (QED) is 0.851. The number of rotatable bonds is 5. The minimum Gasteiger partial charge on any atom is -0.376 e. The summed E-state index contributed by atoms with van der Waals surface area (Å²) < 4.78 is 18.6. The average molecular weight is 385 g/mol. The Kier molecular flexibility index (Phi) is 5.66. The summed E-state index contributed by atoms with van der Waals surface area (Å²) in [7, 11) is 0. The van der Waals surface area contributed by atoms with Gasteiger partial charge in [0.2, 0.25) is 0 Å². The second kappa shape index (κ2) is 8.52. The van der Waals surface area contributed by atoms with E-state index in [0.717, 1.165) is 37.6 Å². The molecule has 1 aromatic carbocycles. The number of anilines is 2. The van der Waals surface area contributed by atoms with Crippen molar-refractivity contribution in [1.82, 2.24) is 15.1 Å². The Hall–Kier alpha value is -2.74. The number of halogens is 1. The third-order valence-corrected chi connectivity index (χ3v) is 5.17. The van der Waals surface area contributed by atoms with Gasteiger partial charge in [0.25, 0.3) is 5.91 Å². The first-order valence-corrected chi connectivity index (χ1v) is 9.68. The summed E-state index contributed by atoms with van der Waals surface area (Å²) in [5.74, 6) is 1.13. The molecule has 0 spiro atoms. The minimum atomic E-state index is -0.339. The smallest absolute Gasteiger partial charge is 0.253 e. The number of ether oxygens (including phenoxy) is 1. The highest BCUT2D eigenvalue weighted by molar-refractivity contribution is 5.94. The maximum Gasteiger partial charge on any atom is 0.253 e. The van der Waals surface area contributed by atoms with E-state index < -0.39 is 0 Å². The first-order valence-electron chi connectivity index (χ1n) is 9.68. The molecule has 2 fully saturated rings. The molecule has 0 saturated carbocycles.